The van der Waals surface area contributed by atoms with Gasteiger partial charge >= 0.3 is 0 Å². The number of aromatic nitrogens is 5. The first-order valence-corrected chi connectivity index (χ1v) is 10.4. The van der Waals surface area contributed by atoms with Crippen molar-refractivity contribution >= 4 is 29.0 Å². The minimum absolute atomic E-state index is 0.0448. The van der Waals surface area contributed by atoms with Crippen LogP contribution in [0.4, 0.5) is 15.9 Å². The zero-order chi connectivity index (χ0) is 21.4. The fourth-order valence-electron chi connectivity index (χ4n) is 3.91. The van der Waals surface area contributed by atoms with Crippen LogP contribution in [0.1, 0.15) is 0 Å². The Morgan fingerprint density at radius 2 is 1.77 bits per heavy atom. The van der Waals surface area contributed by atoms with E-state index in [0.717, 1.165) is 11.5 Å². The molecule has 0 spiro atoms. The zero-order valence-electron chi connectivity index (χ0n) is 16.6. The molecule has 0 atom stereocenters. The molecule has 160 valence electrons. The fourth-order valence-corrected chi connectivity index (χ4v) is 4.08. The fraction of sp³-hybridized carbons (Fsp3) is 0.350. The van der Waals surface area contributed by atoms with E-state index in [1.165, 1.54) is 18.7 Å². The van der Waals surface area contributed by atoms with Crippen LogP contribution in [0.25, 0.3) is 5.82 Å². The van der Waals surface area contributed by atoms with Gasteiger partial charge in [0.1, 0.15) is 30.6 Å². The third-order valence-corrected chi connectivity index (χ3v) is 6.00. The smallest absolute Gasteiger partial charge is 0.229 e. The van der Waals surface area contributed by atoms with Crippen molar-refractivity contribution in [3.05, 3.63) is 54.1 Å². The minimum atomic E-state index is -0.425. The molecule has 0 N–H and O–H groups in total. The van der Waals surface area contributed by atoms with Gasteiger partial charge in [0, 0.05) is 51.0 Å². The Balaban J connectivity index is 1.15. The van der Waals surface area contributed by atoms with Crippen LogP contribution in [0, 0.1) is 11.7 Å². The number of halogens is 2. The maximum Gasteiger partial charge on any atom is 0.229 e. The molecule has 0 aliphatic carbocycles. The number of carbonyl (C=O) groups excluding carboxylic acids is 1. The number of anilines is 2. The summed E-state index contributed by atoms with van der Waals surface area (Å²) >= 11 is 5.90. The molecule has 4 heterocycles. The van der Waals surface area contributed by atoms with E-state index < -0.39 is 5.82 Å². The Hall–Kier alpha value is -3.27. The second kappa shape index (κ2) is 8.10. The predicted octanol–water partition coefficient (Wildman–Crippen LogP) is 1.63. The molecule has 2 fully saturated rings. The molecule has 2 aromatic heterocycles. The van der Waals surface area contributed by atoms with Crippen LogP contribution in [0.3, 0.4) is 0 Å². The number of amides is 1. The van der Waals surface area contributed by atoms with Gasteiger partial charge in [-0.1, -0.05) is 11.6 Å². The average molecular weight is 443 g/mol. The van der Waals surface area contributed by atoms with Crippen LogP contribution in [0.5, 0.6) is 0 Å². The number of hydrogen-bond donors (Lipinski definition) is 0. The molecule has 0 saturated carbocycles. The Kier molecular flexibility index (Phi) is 5.14. The van der Waals surface area contributed by atoms with Crippen molar-refractivity contribution in [2.75, 3.05) is 49.1 Å². The first-order chi connectivity index (χ1) is 15.1. The van der Waals surface area contributed by atoms with Crippen LogP contribution in [0.2, 0.25) is 5.02 Å². The zero-order valence-corrected chi connectivity index (χ0v) is 17.4. The van der Waals surface area contributed by atoms with Gasteiger partial charge in [0.05, 0.1) is 10.9 Å². The summed E-state index contributed by atoms with van der Waals surface area (Å²) in [6.45, 7) is 3.90. The number of nitrogens with zero attached hydrogens (tertiary/aromatic N) is 8. The van der Waals surface area contributed by atoms with Gasteiger partial charge in [-0.15, -0.1) is 0 Å². The van der Waals surface area contributed by atoms with Crippen molar-refractivity contribution in [3.63, 3.8) is 0 Å². The lowest BCUT2D eigenvalue weighted by Crippen LogP contribution is -2.58. The van der Waals surface area contributed by atoms with Gasteiger partial charge in [-0.3, -0.25) is 4.79 Å². The first-order valence-electron chi connectivity index (χ1n) is 9.99. The molecule has 11 heteroatoms. The lowest BCUT2D eigenvalue weighted by molar-refractivity contribution is -0.136. The second-order valence-electron chi connectivity index (χ2n) is 7.59. The second-order valence-corrected chi connectivity index (χ2v) is 7.99. The molecule has 1 amide bonds. The minimum Gasteiger partial charge on any atom is -0.368 e. The standard InChI is InChI=1S/C20H20ClFN8O/c21-16-7-15(1-2-17(16)22)27-3-5-28(6-4-27)20(31)14-9-29(10-14)18-8-19(25-12-24-18)30-13-23-11-26-30/h1-2,7-8,11-14H,3-6,9-10H2. The predicted molar refractivity (Wildman–Crippen MR) is 113 cm³/mol. The molecule has 0 radical (unpaired) electrons. The van der Waals surface area contributed by atoms with E-state index in [4.69, 9.17) is 11.6 Å². The van der Waals surface area contributed by atoms with Crippen molar-refractivity contribution in [1.29, 1.82) is 0 Å². The van der Waals surface area contributed by atoms with Gasteiger partial charge < -0.3 is 14.7 Å². The Labute approximate surface area is 183 Å². The SMILES string of the molecule is O=C(C1CN(c2cc(-n3cncn3)ncn2)C1)N1CCN(c2ccc(F)c(Cl)c2)CC1. The van der Waals surface area contributed by atoms with Gasteiger partial charge in [0.2, 0.25) is 5.91 Å². The summed E-state index contributed by atoms with van der Waals surface area (Å²) < 4.78 is 15.0. The third-order valence-electron chi connectivity index (χ3n) is 5.71. The number of piperazine rings is 1. The molecule has 3 aromatic rings. The maximum atomic E-state index is 13.4. The summed E-state index contributed by atoms with van der Waals surface area (Å²) in [5.74, 6) is 1.10. The summed E-state index contributed by atoms with van der Waals surface area (Å²) in [5.41, 5.74) is 0.875. The highest BCUT2D eigenvalue weighted by Crippen LogP contribution is 2.27. The van der Waals surface area contributed by atoms with Crippen LogP contribution < -0.4 is 9.80 Å². The van der Waals surface area contributed by atoms with E-state index in [-0.39, 0.29) is 16.8 Å². The van der Waals surface area contributed by atoms with Gasteiger partial charge in [-0.05, 0) is 18.2 Å². The van der Waals surface area contributed by atoms with Crippen molar-refractivity contribution in [2.45, 2.75) is 0 Å². The van der Waals surface area contributed by atoms with Crippen LogP contribution in [-0.2, 0) is 4.79 Å². The molecule has 0 bridgehead atoms. The lowest BCUT2D eigenvalue weighted by atomic mass is 9.98. The molecule has 31 heavy (non-hydrogen) atoms. The molecule has 0 unspecified atom stereocenters. The summed E-state index contributed by atoms with van der Waals surface area (Å²) in [6.07, 6.45) is 4.51. The summed E-state index contributed by atoms with van der Waals surface area (Å²) in [4.78, 5) is 31.4. The molecular formula is C20H20ClFN8O. The van der Waals surface area contributed by atoms with Crippen molar-refractivity contribution < 1.29 is 9.18 Å². The van der Waals surface area contributed by atoms with Crippen LogP contribution in [0.15, 0.2) is 43.2 Å². The largest absolute Gasteiger partial charge is 0.368 e. The molecule has 2 aliphatic rings. The molecule has 2 saturated heterocycles. The van der Waals surface area contributed by atoms with E-state index in [1.54, 1.807) is 23.1 Å². The monoisotopic (exact) mass is 442 g/mol. The average Bonchev–Trinajstić information content (AvgIpc) is 3.30. The number of hydrogen-bond acceptors (Lipinski definition) is 7. The number of rotatable bonds is 4. The molecule has 1 aromatic carbocycles. The van der Waals surface area contributed by atoms with Crippen molar-refractivity contribution in [1.82, 2.24) is 29.6 Å². The summed E-state index contributed by atoms with van der Waals surface area (Å²) in [5, 5.41) is 4.19. The van der Waals surface area contributed by atoms with E-state index in [0.29, 0.717) is 45.1 Å². The van der Waals surface area contributed by atoms with Gasteiger partial charge in [-0.25, -0.2) is 24.0 Å². The van der Waals surface area contributed by atoms with Crippen molar-refractivity contribution in [2.24, 2.45) is 5.92 Å². The number of benzene rings is 1. The molecule has 5 rings (SSSR count). The quantitative estimate of drug-likeness (QED) is 0.607. The Morgan fingerprint density at radius 3 is 2.48 bits per heavy atom. The van der Waals surface area contributed by atoms with Gasteiger partial charge in [0.25, 0.3) is 0 Å². The van der Waals surface area contributed by atoms with E-state index >= 15 is 0 Å². The van der Waals surface area contributed by atoms with E-state index in [2.05, 4.69) is 29.9 Å². The van der Waals surface area contributed by atoms with Crippen LogP contribution >= 0.6 is 11.6 Å². The van der Waals surface area contributed by atoms with E-state index in [9.17, 15) is 9.18 Å². The highest BCUT2D eigenvalue weighted by atomic mass is 35.5. The van der Waals surface area contributed by atoms with Crippen LogP contribution in [-0.4, -0.2) is 74.8 Å². The van der Waals surface area contributed by atoms with Crippen molar-refractivity contribution in [3.8, 4) is 5.82 Å². The van der Waals surface area contributed by atoms with Gasteiger partial charge in [-0.2, -0.15) is 5.10 Å². The van der Waals surface area contributed by atoms with E-state index in [1.807, 2.05) is 11.0 Å². The Morgan fingerprint density at radius 1 is 1.00 bits per heavy atom. The third kappa shape index (κ3) is 3.90. The Bertz CT molecular complexity index is 1080. The van der Waals surface area contributed by atoms with Gasteiger partial charge in [0.15, 0.2) is 5.82 Å². The molecule has 9 nitrogen and oxygen atoms in total. The first kappa shape index (κ1) is 19.7. The maximum absolute atomic E-state index is 13.4. The molecule has 2 aliphatic heterocycles. The lowest BCUT2D eigenvalue weighted by Gasteiger charge is -2.43. The normalized spacial score (nSPS) is 17.0. The number of carbonyl (C=O) groups is 1. The molecular weight excluding hydrogens is 423 g/mol. The highest BCUT2D eigenvalue weighted by Gasteiger charge is 2.37. The summed E-state index contributed by atoms with van der Waals surface area (Å²) in [6, 6.07) is 6.56. The summed E-state index contributed by atoms with van der Waals surface area (Å²) in [7, 11) is 0. The highest BCUT2D eigenvalue weighted by molar-refractivity contribution is 6.31. The topological polar surface area (TPSA) is 83.3 Å².